The first-order valence-corrected chi connectivity index (χ1v) is 9.14. The Balaban J connectivity index is 1.82. The van der Waals surface area contributed by atoms with Crippen LogP contribution >= 0.6 is 23.1 Å². The summed E-state index contributed by atoms with van der Waals surface area (Å²) in [5, 5.41) is 14.0. The molecule has 0 aliphatic heterocycles. The number of amides is 1. The lowest BCUT2D eigenvalue weighted by Gasteiger charge is -2.15. The quantitative estimate of drug-likeness (QED) is 0.633. The molecule has 0 fully saturated rings. The van der Waals surface area contributed by atoms with Crippen molar-refractivity contribution < 1.29 is 9.18 Å². The van der Waals surface area contributed by atoms with Crippen molar-refractivity contribution in [2.24, 2.45) is 0 Å². The lowest BCUT2D eigenvalue weighted by molar-refractivity contribution is -0.115. The molecule has 0 aliphatic rings. The number of anilines is 2. The van der Waals surface area contributed by atoms with Crippen LogP contribution in [0.5, 0.6) is 0 Å². The Kier molecular flexibility index (Phi) is 5.62. The van der Waals surface area contributed by atoms with Gasteiger partial charge in [-0.25, -0.2) is 4.39 Å². The Morgan fingerprint density at radius 3 is 2.48 bits per heavy atom. The molecule has 2 aromatic carbocycles. The van der Waals surface area contributed by atoms with E-state index in [-0.39, 0.29) is 11.7 Å². The van der Waals surface area contributed by atoms with Crippen molar-refractivity contribution in [3.05, 3.63) is 66.0 Å². The van der Waals surface area contributed by atoms with Crippen LogP contribution in [0.2, 0.25) is 0 Å². The molecular formula is C17H15FN4OS2. The molecule has 1 heterocycles. The monoisotopic (exact) mass is 374 g/mol. The van der Waals surface area contributed by atoms with E-state index in [2.05, 4.69) is 20.8 Å². The van der Waals surface area contributed by atoms with Gasteiger partial charge in [0.15, 0.2) is 4.34 Å². The number of rotatable bonds is 6. The molecule has 5 nitrogen and oxygen atoms in total. The first-order valence-electron chi connectivity index (χ1n) is 7.45. The van der Waals surface area contributed by atoms with Crippen LogP contribution in [-0.2, 0) is 4.79 Å². The number of thioether (sulfide) groups is 1. The highest BCUT2D eigenvalue weighted by molar-refractivity contribution is 8.02. The molecule has 128 valence electrons. The van der Waals surface area contributed by atoms with Crippen molar-refractivity contribution in [3.8, 4) is 0 Å². The Morgan fingerprint density at radius 1 is 1.12 bits per heavy atom. The maximum Gasteiger partial charge on any atom is 0.242 e. The van der Waals surface area contributed by atoms with Gasteiger partial charge in [0.1, 0.15) is 11.1 Å². The van der Waals surface area contributed by atoms with Crippen LogP contribution in [0.15, 0.2) is 58.9 Å². The summed E-state index contributed by atoms with van der Waals surface area (Å²) in [6.45, 7) is 0. The smallest absolute Gasteiger partial charge is 0.242 e. The van der Waals surface area contributed by atoms with Gasteiger partial charge in [-0.15, -0.1) is 10.2 Å². The molecule has 0 saturated heterocycles. The second kappa shape index (κ2) is 8.09. The minimum atomic E-state index is -0.496. The largest absolute Gasteiger partial charge is 0.363 e. The normalized spacial score (nSPS) is 11.8. The fourth-order valence-corrected chi connectivity index (χ4v) is 4.00. The average Bonchev–Trinajstić information content (AvgIpc) is 3.10. The van der Waals surface area contributed by atoms with Gasteiger partial charge >= 0.3 is 0 Å². The summed E-state index contributed by atoms with van der Waals surface area (Å²) in [4.78, 5) is 12.8. The summed E-state index contributed by atoms with van der Waals surface area (Å²) in [6, 6.07) is 15.1. The fraction of sp³-hybridized carbons (Fsp3) is 0.118. The van der Waals surface area contributed by atoms with E-state index in [0.29, 0.717) is 15.2 Å². The zero-order valence-electron chi connectivity index (χ0n) is 13.3. The molecule has 0 spiro atoms. The number of carbonyl (C=O) groups is 1. The molecule has 2 N–H and O–H groups in total. The van der Waals surface area contributed by atoms with Crippen molar-refractivity contribution in [2.75, 3.05) is 17.7 Å². The molecule has 1 amide bonds. The molecular weight excluding hydrogens is 359 g/mol. The molecule has 8 heteroatoms. The highest BCUT2D eigenvalue weighted by Crippen LogP contribution is 2.38. The van der Waals surface area contributed by atoms with Crippen LogP contribution in [0.1, 0.15) is 10.8 Å². The number of hydrogen-bond acceptors (Lipinski definition) is 6. The topological polar surface area (TPSA) is 66.9 Å². The summed E-state index contributed by atoms with van der Waals surface area (Å²) in [7, 11) is 1.77. The number of aromatic nitrogens is 2. The molecule has 0 bridgehead atoms. The maximum atomic E-state index is 13.0. The molecule has 3 rings (SSSR count). The van der Waals surface area contributed by atoms with E-state index < -0.39 is 5.25 Å². The van der Waals surface area contributed by atoms with E-state index in [0.717, 1.165) is 5.56 Å². The number of nitrogens with zero attached hydrogens (tertiary/aromatic N) is 2. The van der Waals surface area contributed by atoms with Gasteiger partial charge in [0, 0.05) is 12.7 Å². The van der Waals surface area contributed by atoms with E-state index in [1.54, 1.807) is 7.05 Å². The minimum absolute atomic E-state index is 0.205. The van der Waals surface area contributed by atoms with Gasteiger partial charge in [-0.3, -0.25) is 4.79 Å². The second-order valence-electron chi connectivity index (χ2n) is 5.03. The van der Waals surface area contributed by atoms with Crippen LogP contribution in [0, 0.1) is 5.82 Å². The molecule has 0 saturated carbocycles. The average molecular weight is 374 g/mol. The van der Waals surface area contributed by atoms with E-state index in [1.807, 2.05) is 30.3 Å². The van der Waals surface area contributed by atoms with Crippen molar-refractivity contribution in [1.82, 2.24) is 10.2 Å². The minimum Gasteiger partial charge on any atom is -0.363 e. The lowest BCUT2D eigenvalue weighted by atomic mass is 10.1. The van der Waals surface area contributed by atoms with Gasteiger partial charge in [-0.2, -0.15) is 0 Å². The highest BCUT2D eigenvalue weighted by Gasteiger charge is 2.24. The van der Waals surface area contributed by atoms with Crippen molar-refractivity contribution in [3.63, 3.8) is 0 Å². The Bertz CT molecular complexity index is 839. The highest BCUT2D eigenvalue weighted by atomic mass is 32.2. The van der Waals surface area contributed by atoms with Gasteiger partial charge < -0.3 is 10.6 Å². The first kappa shape index (κ1) is 17.4. The number of hydrogen-bond donors (Lipinski definition) is 2. The number of halogens is 1. The molecule has 1 aromatic heterocycles. The molecule has 3 aromatic rings. The zero-order valence-corrected chi connectivity index (χ0v) is 14.9. The Labute approximate surface area is 152 Å². The SMILES string of the molecule is CNc1nnc(S[C@H](C(=O)Nc2ccc(F)cc2)c2ccccc2)s1. The molecule has 0 aliphatic carbocycles. The van der Waals surface area contributed by atoms with Gasteiger partial charge in [0.25, 0.3) is 0 Å². The van der Waals surface area contributed by atoms with E-state index in [9.17, 15) is 9.18 Å². The third-order valence-electron chi connectivity index (χ3n) is 3.29. The predicted octanol–water partition coefficient (Wildman–Crippen LogP) is 4.19. The third-order valence-corrected chi connectivity index (χ3v) is 5.57. The van der Waals surface area contributed by atoms with E-state index >= 15 is 0 Å². The third kappa shape index (κ3) is 4.55. The summed E-state index contributed by atoms with van der Waals surface area (Å²) in [6.07, 6.45) is 0. The lowest BCUT2D eigenvalue weighted by Crippen LogP contribution is -2.19. The Morgan fingerprint density at radius 2 is 1.84 bits per heavy atom. The van der Waals surface area contributed by atoms with E-state index in [4.69, 9.17) is 0 Å². The standard InChI is InChI=1S/C17H15FN4OS2/c1-19-16-21-22-17(25-16)24-14(11-5-3-2-4-6-11)15(23)20-13-9-7-12(18)8-10-13/h2-10,14H,1H3,(H,19,21)(H,20,23)/t14-/m0/s1. The van der Waals surface area contributed by atoms with Crippen LogP contribution in [0.25, 0.3) is 0 Å². The summed E-state index contributed by atoms with van der Waals surface area (Å²) >= 11 is 2.71. The first-order chi connectivity index (χ1) is 12.2. The second-order valence-corrected chi connectivity index (χ2v) is 7.36. The van der Waals surface area contributed by atoms with Crippen LogP contribution in [-0.4, -0.2) is 23.2 Å². The fourth-order valence-electron chi connectivity index (χ4n) is 2.10. The molecule has 0 unspecified atom stereocenters. The van der Waals surface area contributed by atoms with Crippen molar-refractivity contribution in [2.45, 2.75) is 9.59 Å². The van der Waals surface area contributed by atoms with E-state index in [1.165, 1.54) is 47.4 Å². The number of benzene rings is 2. The van der Waals surface area contributed by atoms with Crippen LogP contribution < -0.4 is 10.6 Å². The maximum absolute atomic E-state index is 13.0. The Hall–Kier alpha value is -2.45. The zero-order chi connectivity index (χ0) is 17.6. The molecule has 25 heavy (non-hydrogen) atoms. The van der Waals surface area contributed by atoms with Gasteiger partial charge in [0.05, 0.1) is 0 Å². The van der Waals surface area contributed by atoms with Gasteiger partial charge in [-0.05, 0) is 29.8 Å². The number of nitrogens with one attached hydrogen (secondary N) is 2. The van der Waals surface area contributed by atoms with Gasteiger partial charge in [0.2, 0.25) is 11.0 Å². The number of carbonyl (C=O) groups excluding carboxylic acids is 1. The summed E-state index contributed by atoms with van der Waals surface area (Å²) in [5.74, 6) is -0.551. The summed E-state index contributed by atoms with van der Waals surface area (Å²) < 4.78 is 13.7. The predicted molar refractivity (Wildman–Crippen MR) is 99.5 cm³/mol. The molecule has 1 atom stereocenters. The summed E-state index contributed by atoms with van der Waals surface area (Å²) in [5.41, 5.74) is 1.40. The van der Waals surface area contributed by atoms with Crippen molar-refractivity contribution >= 4 is 39.8 Å². The molecule has 0 radical (unpaired) electrons. The van der Waals surface area contributed by atoms with Crippen molar-refractivity contribution in [1.29, 1.82) is 0 Å². The van der Waals surface area contributed by atoms with Gasteiger partial charge in [-0.1, -0.05) is 53.4 Å². The van der Waals surface area contributed by atoms with Crippen LogP contribution in [0.4, 0.5) is 15.2 Å². The van der Waals surface area contributed by atoms with Crippen LogP contribution in [0.3, 0.4) is 0 Å².